The fraction of sp³-hybridized carbons (Fsp3) is 0.333. The second-order valence-corrected chi connectivity index (χ2v) is 5.64. The first kappa shape index (κ1) is 12.8. The Hall–Kier alpha value is -2.22. The summed E-state index contributed by atoms with van der Waals surface area (Å²) in [5, 5.41) is 13.3. The van der Waals surface area contributed by atoms with Gasteiger partial charge in [0, 0.05) is 18.0 Å². The number of thiophene rings is 1. The van der Waals surface area contributed by atoms with Crippen LogP contribution in [-0.4, -0.2) is 21.4 Å². The minimum atomic E-state index is -0.437. The van der Waals surface area contributed by atoms with Gasteiger partial charge in [0.2, 0.25) is 11.8 Å². The third-order valence-electron chi connectivity index (χ3n) is 3.35. The molecule has 0 aliphatic carbocycles. The second-order valence-electron chi connectivity index (χ2n) is 4.64. The molecule has 7 nitrogen and oxygen atoms in total. The molecule has 20 heavy (non-hydrogen) atoms. The van der Waals surface area contributed by atoms with Crippen LogP contribution in [0.1, 0.15) is 16.1 Å². The number of nitrogens with two attached hydrogens (primary N) is 1. The first-order chi connectivity index (χ1) is 9.56. The smallest absolute Gasteiger partial charge is 0.332 e. The molecule has 2 aromatic heterocycles. The molecule has 0 atom stereocenters. The molecule has 0 radical (unpaired) electrons. The summed E-state index contributed by atoms with van der Waals surface area (Å²) in [6.45, 7) is 2.90. The molecule has 1 aliphatic heterocycles. The average molecular weight is 291 g/mol. The number of nitrogens with zero attached hydrogens (tertiary/aromatic N) is 4. The number of aryl methyl sites for hydroxylation is 1. The van der Waals surface area contributed by atoms with E-state index in [2.05, 4.69) is 16.0 Å². The van der Waals surface area contributed by atoms with Gasteiger partial charge in [-0.1, -0.05) is 0 Å². The molecule has 3 rings (SSSR count). The average Bonchev–Trinajstić information content (AvgIpc) is 2.84. The summed E-state index contributed by atoms with van der Waals surface area (Å²) in [4.78, 5) is 22.0. The van der Waals surface area contributed by atoms with Crippen molar-refractivity contribution in [2.45, 2.75) is 19.9 Å². The highest BCUT2D eigenvalue weighted by molar-refractivity contribution is 7.10. The van der Waals surface area contributed by atoms with Crippen molar-refractivity contribution in [3.63, 3.8) is 0 Å². The van der Waals surface area contributed by atoms with Gasteiger partial charge in [-0.05, 0) is 30.4 Å². The Morgan fingerprint density at radius 3 is 3.05 bits per heavy atom. The van der Waals surface area contributed by atoms with Crippen molar-refractivity contribution < 1.29 is 4.92 Å². The summed E-state index contributed by atoms with van der Waals surface area (Å²) in [5.41, 5.74) is 7.08. The third-order valence-corrected chi connectivity index (χ3v) is 4.37. The topological polar surface area (TPSA) is 98.2 Å². The van der Waals surface area contributed by atoms with Crippen molar-refractivity contribution in [3.8, 4) is 0 Å². The van der Waals surface area contributed by atoms with Crippen LogP contribution in [0.5, 0.6) is 0 Å². The van der Waals surface area contributed by atoms with Gasteiger partial charge in [-0.2, -0.15) is 4.98 Å². The number of rotatable bonds is 2. The molecule has 0 saturated heterocycles. The molecular weight excluding hydrogens is 278 g/mol. The van der Waals surface area contributed by atoms with E-state index < -0.39 is 4.92 Å². The number of hydrogen-bond donors (Lipinski definition) is 1. The van der Waals surface area contributed by atoms with Crippen LogP contribution < -0.4 is 10.6 Å². The van der Waals surface area contributed by atoms with Gasteiger partial charge in [0.15, 0.2) is 0 Å². The first-order valence-electron chi connectivity index (χ1n) is 6.15. The van der Waals surface area contributed by atoms with Gasteiger partial charge < -0.3 is 10.6 Å². The molecular formula is C12H13N5O2S. The van der Waals surface area contributed by atoms with Crippen LogP contribution in [0.4, 0.5) is 17.5 Å². The Balaban J connectivity index is 2.05. The third kappa shape index (κ3) is 2.07. The maximum absolute atomic E-state index is 11.3. The SMILES string of the molecule is Cc1nc(N)nc(N2CCc3sccc3C2)c1[N+](=O)[O-]. The standard InChI is InChI=1S/C12H13N5O2S/c1-7-10(17(18)19)11(15-12(13)14-7)16-4-2-9-8(6-16)3-5-20-9/h3,5H,2,4,6H2,1H3,(H2,13,14,15). The quantitative estimate of drug-likeness (QED) is 0.670. The zero-order chi connectivity index (χ0) is 14.3. The van der Waals surface area contributed by atoms with Gasteiger partial charge in [0.05, 0.1) is 4.92 Å². The van der Waals surface area contributed by atoms with Crippen molar-refractivity contribution in [3.05, 3.63) is 37.7 Å². The summed E-state index contributed by atoms with van der Waals surface area (Å²) in [6.07, 6.45) is 0.868. The Morgan fingerprint density at radius 1 is 1.50 bits per heavy atom. The molecule has 0 unspecified atom stereocenters. The van der Waals surface area contributed by atoms with Crippen LogP contribution in [0, 0.1) is 17.0 Å². The summed E-state index contributed by atoms with van der Waals surface area (Å²) in [6, 6.07) is 2.05. The number of fused-ring (bicyclic) bond motifs is 1. The monoisotopic (exact) mass is 291 g/mol. The zero-order valence-electron chi connectivity index (χ0n) is 10.9. The molecule has 0 fully saturated rings. The normalized spacial score (nSPS) is 14.2. The zero-order valence-corrected chi connectivity index (χ0v) is 11.7. The number of aromatic nitrogens is 2. The van der Waals surface area contributed by atoms with Crippen LogP contribution in [0.25, 0.3) is 0 Å². The predicted molar refractivity (Wildman–Crippen MR) is 76.9 cm³/mol. The van der Waals surface area contributed by atoms with Crippen LogP contribution in [0.15, 0.2) is 11.4 Å². The van der Waals surface area contributed by atoms with E-state index in [0.717, 1.165) is 6.42 Å². The van der Waals surface area contributed by atoms with Gasteiger partial charge in [-0.15, -0.1) is 11.3 Å². The lowest BCUT2D eigenvalue weighted by molar-refractivity contribution is -0.385. The fourth-order valence-electron chi connectivity index (χ4n) is 2.44. The molecule has 2 N–H and O–H groups in total. The summed E-state index contributed by atoms with van der Waals surface area (Å²) >= 11 is 1.72. The van der Waals surface area contributed by atoms with Crippen molar-refractivity contribution >= 4 is 28.8 Å². The van der Waals surface area contributed by atoms with Crippen LogP contribution in [0.2, 0.25) is 0 Å². The van der Waals surface area contributed by atoms with E-state index in [1.165, 1.54) is 10.4 Å². The van der Waals surface area contributed by atoms with Gasteiger partial charge in [0.1, 0.15) is 5.69 Å². The largest absolute Gasteiger partial charge is 0.368 e. The highest BCUT2D eigenvalue weighted by atomic mass is 32.1. The molecule has 1 aliphatic rings. The lowest BCUT2D eigenvalue weighted by Crippen LogP contribution is -2.31. The summed E-state index contributed by atoms with van der Waals surface area (Å²) < 4.78 is 0. The van der Waals surface area contributed by atoms with Crippen molar-refractivity contribution in [1.82, 2.24) is 9.97 Å². The van der Waals surface area contributed by atoms with Crippen LogP contribution in [-0.2, 0) is 13.0 Å². The van der Waals surface area contributed by atoms with E-state index in [1.54, 1.807) is 18.3 Å². The highest BCUT2D eigenvalue weighted by Gasteiger charge is 2.28. The number of nitro groups is 1. The van der Waals surface area contributed by atoms with Gasteiger partial charge in [-0.3, -0.25) is 10.1 Å². The minimum absolute atomic E-state index is 0.0575. The lowest BCUT2D eigenvalue weighted by Gasteiger charge is -2.27. The van der Waals surface area contributed by atoms with E-state index >= 15 is 0 Å². The van der Waals surface area contributed by atoms with Crippen molar-refractivity contribution in [2.75, 3.05) is 17.2 Å². The molecule has 3 heterocycles. The van der Waals surface area contributed by atoms with E-state index in [9.17, 15) is 10.1 Å². The highest BCUT2D eigenvalue weighted by Crippen LogP contribution is 2.33. The Morgan fingerprint density at radius 2 is 2.30 bits per heavy atom. The number of anilines is 2. The predicted octanol–water partition coefficient (Wildman–Crippen LogP) is 1.90. The molecule has 0 spiro atoms. The van der Waals surface area contributed by atoms with E-state index in [0.29, 0.717) is 24.6 Å². The molecule has 0 aromatic carbocycles. The first-order valence-corrected chi connectivity index (χ1v) is 7.03. The minimum Gasteiger partial charge on any atom is -0.368 e. The van der Waals surface area contributed by atoms with E-state index in [1.807, 2.05) is 10.3 Å². The van der Waals surface area contributed by atoms with E-state index in [4.69, 9.17) is 5.73 Å². The Labute approximate surface area is 119 Å². The molecule has 0 bridgehead atoms. The van der Waals surface area contributed by atoms with Crippen molar-refractivity contribution in [1.29, 1.82) is 0 Å². The Bertz CT molecular complexity index is 684. The summed E-state index contributed by atoms with van der Waals surface area (Å²) in [5.74, 6) is 0.385. The molecule has 2 aromatic rings. The number of nitrogen functional groups attached to an aromatic ring is 1. The second kappa shape index (κ2) is 4.71. The maximum Gasteiger partial charge on any atom is 0.332 e. The van der Waals surface area contributed by atoms with Gasteiger partial charge in [-0.25, -0.2) is 4.98 Å². The molecule has 104 valence electrons. The van der Waals surface area contributed by atoms with Crippen molar-refractivity contribution in [2.24, 2.45) is 0 Å². The molecule has 8 heteroatoms. The summed E-state index contributed by atoms with van der Waals surface area (Å²) in [7, 11) is 0. The number of hydrogen-bond acceptors (Lipinski definition) is 7. The molecule has 0 saturated carbocycles. The van der Waals surface area contributed by atoms with Crippen LogP contribution >= 0.6 is 11.3 Å². The maximum atomic E-state index is 11.3. The van der Waals surface area contributed by atoms with Gasteiger partial charge in [0.25, 0.3) is 0 Å². The van der Waals surface area contributed by atoms with Gasteiger partial charge >= 0.3 is 5.69 Å². The lowest BCUT2D eigenvalue weighted by atomic mass is 10.1. The van der Waals surface area contributed by atoms with E-state index in [-0.39, 0.29) is 11.6 Å². The van der Waals surface area contributed by atoms with Crippen LogP contribution in [0.3, 0.4) is 0 Å². The fourth-order valence-corrected chi connectivity index (χ4v) is 3.33. The molecule has 0 amide bonds. The Kier molecular flexibility index (Phi) is 3.01.